The Bertz CT molecular complexity index is 396. The van der Waals surface area contributed by atoms with Crippen molar-refractivity contribution in [2.45, 2.75) is 6.92 Å². The smallest absolute Gasteiger partial charge is 0.336 e. The Labute approximate surface area is 80.9 Å². The summed E-state index contributed by atoms with van der Waals surface area (Å²) in [4.78, 5) is 14.1. The SMILES string of the molecule is [C-]#[N+]c1cc(C(=O)OCC)ccc1F. The van der Waals surface area contributed by atoms with Crippen LogP contribution in [0.4, 0.5) is 10.1 Å². The van der Waals surface area contributed by atoms with Crippen LogP contribution in [0.5, 0.6) is 0 Å². The van der Waals surface area contributed by atoms with Gasteiger partial charge in [0.15, 0.2) is 0 Å². The molecule has 3 nitrogen and oxygen atoms in total. The molecule has 0 unspecified atom stereocenters. The number of halogens is 1. The van der Waals surface area contributed by atoms with Crippen LogP contribution in [0.3, 0.4) is 0 Å². The fourth-order valence-electron chi connectivity index (χ4n) is 0.940. The second kappa shape index (κ2) is 4.38. The molecule has 0 saturated heterocycles. The summed E-state index contributed by atoms with van der Waals surface area (Å²) >= 11 is 0. The molecule has 0 bridgehead atoms. The van der Waals surface area contributed by atoms with Gasteiger partial charge in [0.05, 0.1) is 13.2 Å². The second-order valence-corrected chi connectivity index (χ2v) is 2.50. The molecule has 0 amide bonds. The van der Waals surface area contributed by atoms with E-state index >= 15 is 0 Å². The van der Waals surface area contributed by atoms with Gasteiger partial charge in [-0.15, -0.1) is 0 Å². The van der Waals surface area contributed by atoms with Crippen LogP contribution >= 0.6 is 0 Å². The van der Waals surface area contributed by atoms with Gasteiger partial charge < -0.3 is 4.74 Å². The lowest BCUT2D eigenvalue weighted by Gasteiger charge is -2.01. The van der Waals surface area contributed by atoms with E-state index in [1.165, 1.54) is 12.1 Å². The highest BCUT2D eigenvalue weighted by Crippen LogP contribution is 2.19. The van der Waals surface area contributed by atoms with Crippen LogP contribution in [-0.2, 0) is 4.74 Å². The summed E-state index contributed by atoms with van der Waals surface area (Å²) in [6.45, 7) is 8.59. The molecule has 1 aromatic rings. The van der Waals surface area contributed by atoms with Gasteiger partial charge in [-0.2, -0.15) is 0 Å². The highest BCUT2D eigenvalue weighted by atomic mass is 19.1. The van der Waals surface area contributed by atoms with Crippen LogP contribution < -0.4 is 0 Å². The quantitative estimate of drug-likeness (QED) is 0.533. The fourth-order valence-corrected chi connectivity index (χ4v) is 0.940. The zero-order chi connectivity index (χ0) is 10.6. The molecular formula is C10H8FNO2. The zero-order valence-corrected chi connectivity index (χ0v) is 7.58. The monoisotopic (exact) mass is 193 g/mol. The van der Waals surface area contributed by atoms with E-state index in [0.717, 1.165) is 6.07 Å². The summed E-state index contributed by atoms with van der Waals surface area (Å²) in [5.41, 5.74) is 0.0230. The van der Waals surface area contributed by atoms with E-state index in [4.69, 9.17) is 11.3 Å². The Hall–Kier alpha value is -1.89. The van der Waals surface area contributed by atoms with Gasteiger partial charge >= 0.3 is 5.97 Å². The number of carbonyl (C=O) groups is 1. The van der Waals surface area contributed by atoms with Crippen LogP contribution in [-0.4, -0.2) is 12.6 Å². The molecule has 72 valence electrons. The van der Waals surface area contributed by atoms with Gasteiger partial charge in [0.1, 0.15) is 5.82 Å². The maximum atomic E-state index is 12.9. The molecule has 0 atom stereocenters. The Balaban J connectivity index is 3.02. The Morgan fingerprint density at radius 1 is 1.64 bits per heavy atom. The van der Waals surface area contributed by atoms with Gasteiger partial charge in [-0.3, -0.25) is 0 Å². The number of ether oxygens (including phenoxy) is 1. The van der Waals surface area contributed by atoms with Crippen molar-refractivity contribution in [1.29, 1.82) is 0 Å². The third-order valence-corrected chi connectivity index (χ3v) is 1.58. The summed E-state index contributed by atoms with van der Waals surface area (Å²) in [7, 11) is 0. The van der Waals surface area contributed by atoms with Crippen LogP contribution in [0, 0.1) is 12.4 Å². The van der Waals surface area contributed by atoms with E-state index in [-0.39, 0.29) is 17.9 Å². The third kappa shape index (κ3) is 2.07. The van der Waals surface area contributed by atoms with Crippen molar-refractivity contribution in [2.75, 3.05) is 6.61 Å². The average Bonchev–Trinajstić information content (AvgIpc) is 2.19. The van der Waals surface area contributed by atoms with E-state index in [0.29, 0.717) is 0 Å². The first-order chi connectivity index (χ1) is 6.69. The summed E-state index contributed by atoms with van der Waals surface area (Å²) in [6.07, 6.45) is 0. The number of carbonyl (C=O) groups excluding carboxylic acids is 1. The standard InChI is InChI=1S/C10H8FNO2/c1-3-14-10(13)7-4-5-8(11)9(6-7)12-2/h4-6H,3H2,1H3. The minimum absolute atomic E-state index is 0.171. The number of hydrogen-bond acceptors (Lipinski definition) is 2. The van der Waals surface area contributed by atoms with E-state index in [1.54, 1.807) is 6.92 Å². The van der Waals surface area contributed by atoms with Crippen LogP contribution in [0.15, 0.2) is 18.2 Å². The number of benzene rings is 1. The van der Waals surface area contributed by atoms with Gasteiger partial charge in [0, 0.05) is 5.56 Å². The predicted octanol–water partition coefficient (Wildman–Crippen LogP) is 2.55. The van der Waals surface area contributed by atoms with Gasteiger partial charge in [0.25, 0.3) is 0 Å². The normalized spacial score (nSPS) is 9.21. The van der Waals surface area contributed by atoms with Crippen LogP contribution in [0.1, 0.15) is 17.3 Å². The molecule has 14 heavy (non-hydrogen) atoms. The molecule has 0 N–H and O–H groups in total. The van der Waals surface area contributed by atoms with Crippen molar-refractivity contribution in [3.8, 4) is 0 Å². The predicted molar refractivity (Wildman–Crippen MR) is 48.6 cm³/mol. The number of nitrogens with zero attached hydrogens (tertiary/aromatic N) is 1. The average molecular weight is 193 g/mol. The minimum atomic E-state index is -0.631. The molecule has 1 rings (SSSR count). The molecule has 0 heterocycles. The van der Waals surface area contributed by atoms with Crippen molar-refractivity contribution in [1.82, 2.24) is 0 Å². The maximum Gasteiger partial charge on any atom is 0.336 e. The topological polar surface area (TPSA) is 30.7 Å². The number of hydrogen-bond donors (Lipinski definition) is 0. The maximum absolute atomic E-state index is 12.9. The van der Waals surface area contributed by atoms with Crippen molar-refractivity contribution in [2.24, 2.45) is 0 Å². The van der Waals surface area contributed by atoms with Crippen LogP contribution in [0.2, 0.25) is 0 Å². The van der Waals surface area contributed by atoms with E-state index in [1.807, 2.05) is 0 Å². The van der Waals surface area contributed by atoms with E-state index in [9.17, 15) is 9.18 Å². The zero-order valence-electron chi connectivity index (χ0n) is 7.58. The highest BCUT2D eigenvalue weighted by molar-refractivity contribution is 5.90. The van der Waals surface area contributed by atoms with Crippen molar-refractivity contribution in [3.63, 3.8) is 0 Å². The Morgan fingerprint density at radius 2 is 2.36 bits per heavy atom. The van der Waals surface area contributed by atoms with Gasteiger partial charge in [-0.1, -0.05) is 0 Å². The Kier molecular flexibility index (Phi) is 3.19. The molecule has 0 spiro atoms. The number of rotatable bonds is 2. The number of esters is 1. The van der Waals surface area contributed by atoms with Crippen molar-refractivity contribution < 1.29 is 13.9 Å². The molecule has 0 aliphatic rings. The van der Waals surface area contributed by atoms with Crippen LogP contribution in [0.25, 0.3) is 4.85 Å². The summed E-state index contributed by atoms with van der Waals surface area (Å²) in [5.74, 6) is -1.18. The van der Waals surface area contributed by atoms with Gasteiger partial charge in [-0.05, 0) is 25.1 Å². The van der Waals surface area contributed by atoms with Gasteiger partial charge in [0.2, 0.25) is 5.69 Å². The first kappa shape index (κ1) is 10.2. The summed E-state index contributed by atoms with van der Waals surface area (Å²) in [6, 6.07) is 3.56. The molecule has 0 aliphatic heterocycles. The largest absolute Gasteiger partial charge is 0.462 e. The highest BCUT2D eigenvalue weighted by Gasteiger charge is 2.09. The molecular weight excluding hydrogens is 185 g/mol. The molecule has 0 aromatic heterocycles. The van der Waals surface area contributed by atoms with Gasteiger partial charge in [-0.25, -0.2) is 14.0 Å². The molecule has 1 aromatic carbocycles. The van der Waals surface area contributed by atoms with E-state index in [2.05, 4.69) is 4.85 Å². The van der Waals surface area contributed by atoms with E-state index < -0.39 is 11.8 Å². The minimum Gasteiger partial charge on any atom is -0.462 e. The molecule has 0 radical (unpaired) electrons. The van der Waals surface area contributed by atoms with Crippen molar-refractivity contribution in [3.05, 3.63) is 41.0 Å². The molecule has 0 saturated carbocycles. The summed E-state index contributed by atoms with van der Waals surface area (Å²) < 4.78 is 17.6. The fraction of sp³-hybridized carbons (Fsp3) is 0.200. The first-order valence-electron chi connectivity index (χ1n) is 4.03. The molecule has 0 fully saturated rings. The molecule has 0 aliphatic carbocycles. The summed E-state index contributed by atoms with van der Waals surface area (Å²) in [5, 5.41) is 0. The lowest BCUT2D eigenvalue weighted by Crippen LogP contribution is -2.04. The lowest BCUT2D eigenvalue weighted by molar-refractivity contribution is 0.0526. The lowest BCUT2D eigenvalue weighted by atomic mass is 10.2. The van der Waals surface area contributed by atoms with Crippen molar-refractivity contribution >= 4 is 11.7 Å². The third-order valence-electron chi connectivity index (χ3n) is 1.58. The first-order valence-corrected chi connectivity index (χ1v) is 4.03. The second-order valence-electron chi connectivity index (χ2n) is 2.50. The molecule has 4 heteroatoms. The Morgan fingerprint density at radius 3 is 2.93 bits per heavy atom.